The third-order valence-corrected chi connectivity index (χ3v) is 5.77. The molecule has 5 nitrogen and oxygen atoms in total. The standard InChI is InChI=1S/C17H33N3O2/c1-20(2)17(7-5-4-6-8-17)13-19-15(21)16(14-22-3)9-11-18-12-10-16/h18H,4-14H2,1-3H3,(H,19,21). The summed E-state index contributed by atoms with van der Waals surface area (Å²) < 4.78 is 5.37. The second kappa shape index (κ2) is 7.75. The number of ether oxygens (including phenoxy) is 1. The van der Waals surface area contributed by atoms with Crippen LogP contribution in [0.1, 0.15) is 44.9 Å². The van der Waals surface area contributed by atoms with Gasteiger partial charge in [-0.1, -0.05) is 19.3 Å². The molecule has 2 rings (SSSR count). The first-order valence-electron chi connectivity index (χ1n) is 8.70. The van der Waals surface area contributed by atoms with Gasteiger partial charge in [-0.05, 0) is 52.9 Å². The van der Waals surface area contributed by atoms with Crippen molar-refractivity contribution >= 4 is 5.91 Å². The number of amides is 1. The Balaban J connectivity index is 1.99. The summed E-state index contributed by atoms with van der Waals surface area (Å²) in [6.07, 6.45) is 7.94. The van der Waals surface area contributed by atoms with Gasteiger partial charge in [-0.3, -0.25) is 4.79 Å². The lowest BCUT2D eigenvalue weighted by Gasteiger charge is -2.44. The largest absolute Gasteiger partial charge is 0.384 e. The summed E-state index contributed by atoms with van der Waals surface area (Å²) in [6.45, 7) is 3.08. The average Bonchev–Trinajstić information content (AvgIpc) is 2.54. The second-order valence-corrected chi connectivity index (χ2v) is 7.33. The number of nitrogens with zero attached hydrogens (tertiary/aromatic N) is 1. The predicted molar refractivity (Wildman–Crippen MR) is 88.9 cm³/mol. The average molecular weight is 311 g/mol. The molecule has 22 heavy (non-hydrogen) atoms. The number of carbonyl (C=O) groups is 1. The van der Waals surface area contributed by atoms with E-state index >= 15 is 0 Å². The van der Waals surface area contributed by atoms with Crippen LogP contribution in [0.15, 0.2) is 0 Å². The molecular formula is C17H33N3O2. The molecule has 128 valence electrons. The zero-order valence-corrected chi connectivity index (χ0v) is 14.5. The van der Waals surface area contributed by atoms with E-state index in [1.807, 2.05) is 0 Å². The van der Waals surface area contributed by atoms with Crippen LogP contribution in [0.3, 0.4) is 0 Å². The monoisotopic (exact) mass is 311 g/mol. The minimum atomic E-state index is -0.345. The number of piperidine rings is 1. The van der Waals surface area contributed by atoms with Crippen molar-refractivity contribution in [2.75, 3.05) is 47.4 Å². The first kappa shape index (κ1) is 17.7. The number of carbonyl (C=O) groups excluding carboxylic acids is 1. The molecule has 1 amide bonds. The normalized spacial score (nSPS) is 24.2. The maximum atomic E-state index is 12.9. The molecule has 0 spiro atoms. The number of methoxy groups -OCH3 is 1. The fraction of sp³-hybridized carbons (Fsp3) is 0.941. The van der Waals surface area contributed by atoms with Crippen LogP contribution in [0, 0.1) is 5.41 Å². The number of likely N-dealkylation sites (N-methyl/N-ethyl adjacent to an activating group) is 1. The SMILES string of the molecule is COCC1(C(=O)NCC2(N(C)C)CCCCC2)CCNCC1. The molecule has 1 saturated carbocycles. The van der Waals surface area contributed by atoms with Crippen LogP contribution >= 0.6 is 0 Å². The summed E-state index contributed by atoms with van der Waals surface area (Å²) in [5.41, 5.74) is -0.211. The highest BCUT2D eigenvalue weighted by Gasteiger charge is 2.41. The van der Waals surface area contributed by atoms with Crippen LogP contribution in [-0.2, 0) is 9.53 Å². The summed E-state index contributed by atoms with van der Waals surface area (Å²) in [7, 11) is 5.99. The summed E-state index contributed by atoms with van der Waals surface area (Å²) in [4.78, 5) is 15.2. The topological polar surface area (TPSA) is 53.6 Å². The minimum absolute atomic E-state index is 0.134. The summed E-state index contributed by atoms with van der Waals surface area (Å²) in [5, 5.41) is 6.62. The van der Waals surface area contributed by atoms with Crippen molar-refractivity contribution in [3.63, 3.8) is 0 Å². The zero-order chi connectivity index (χ0) is 16.1. The van der Waals surface area contributed by atoms with Gasteiger partial charge >= 0.3 is 0 Å². The minimum Gasteiger partial charge on any atom is -0.384 e. The fourth-order valence-corrected chi connectivity index (χ4v) is 4.04. The van der Waals surface area contributed by atoms with E-state index in [0.29, 0.717) is 6.61 Å². The van der Waals surface area contributed by atoms with E-state index in [1.54, 1.807) is 7.11 Å². The van der Waals surface area contributed by atoms with Crippen molar-refractivity contribution in [1.29, 1.82) is 0 Å². The maximum absolute atomic E-state index is 12.9. The molecule has 0 unspecified atom stereocenters. The Morgan fingerprint density at radius 1 is 1.14 bits per heavy atom. The molecule has 1 heterocycles. The Labute approximate surface area is 135 Å². The molecule has 0 aromatic carbocycles. The van der Waals surface area contributed by atoms with Gasteiger partial charge in [0.25, 0.3) is 0 Å². The first-order valence-corrected chi connectivity index (χ1v) is 8.70. The highest BCUT2D eigenvalue weighted by molar-refractivity contribution is 5.83. The van der Waals surface area contributed by atoms with E-state index in [1.165, 1.54) is 32.1 Å². The molecule has 2 fully saturated rings. The van der Waals surface area contributed by atoms with Crippen molar-refractivity contribution in [1.82, 2.24) is 15.5 Å². The summed E-state index contributed by atoms with van der Waals surface area (Å²) >= 11 is 0. The lowest BCUT2D eigenvalue weighted by atomic mass is 9.77. The molecule has 0 radical (unpaired) electrons. The van der Waals surface area contributed by atoms with Gasteiger partial charge < -0.3 is 20.3 Å². The van der Waals surface area contributed by atoms with Crippen molar-refractivity contribution in [3.05, 3.63) is 0 Å². The Morgan fingerprint density at radius 2 is 1.77 bits per heavy atom. The lowest BCUT2D eigenvalue weighted by Crippen LogP contribution is -2.57. The fourth-order valence-electron chi connectivity index (χ4n) is 4.04. The Hall–Kier alpha value is -0.650. The molecule has 1 saturated heterocycles. The van der Waals surface area contributed by atoms with Gasteiger partial charge in [-0.15, -0.1) is 0 Å². The van der Waals surface area contributed by atoms with Gasteiger partial charge in [-0.25, -0.2) is 0 Å². The van der Waals surface area contributed by atoms with Crippen LogP contribution in [0.5, 0.6) is 0 Å². The van der Waals surface area contributed by atoms with Crippen molar-refractivity contribution in [2.45, 2.75) is 50.5 Å². The predicted octanol–water partition coefficient (Wildman–Crippen LogP) is 1.38. The van der Waals surface area contributed by atoms with Gasteiger partial charge in [0.2, 0.25) is 5.91 Å². The third-order valence-electron chi connectivity index (χ3n) is 5.77. The van der Waals surface area contributed by atoms with Gasteiger partial charge in [-0.2, -0.15) is 0 Å². The summed E-state index contributed by atoms with van der Waals surface area (Å²) in [6, 6.07) is 0. The van der Waals surface area contributed by atoms with E-state index in [4.69, 9.17) is 4.74 Å². The van der Waals surface area contributed by atoms with E-state index in [-0.39, 0.29) is 16.9 Å². The molecular weight excluding hydrogens is 278 g/mol. The molecule has 5 heteroatoms. The number of rotatable bonds is 6. The molecule has 0 bridgehead atoms. The molecule has 2 aliphatic rings. The number of hydrogen-bond acceptors (Lipinski definition) is 4. The van der Waals surface area contributed by atoms with E-state index < -0.39 is 0 Å². The molecule has 2 N–H and O–H groups in total. The number of hydrogen-bond donors (Lipinski definition) is 2. The Bertz CT molecular complexity index is 353. The highest BCUT2D eigenvalue weighted by atomic mass is 16.5. The Kier molecular flexibility index (Phi) is 6.24. The molecule has 0 aromatic rings. The van der Waals surface area contributed by atoms with Crippen LogP contribution in [-0.4, -0.2) is 63.8 Å². The molecule has 1 aliphatic heterocycles. The van der Waals surface area contributed by atoms with Gasteiger partial charge in [0, 0.05) is 19.2 Å². The van der Waals surface area contributed by atoms with Crippen LogP contribution in [0.4, 0.5) is 0 Å². The van der Waals surface area contributed by atoms with Gasteiger partial charge in [0.15, 0.2) is 0 Å². The van der Waals surface area contributed by atoms with Crippen molar-refractivity contribution in [3.8, 4) is 0 Å². The van der Waals surface area contributed by atoms with Crippen LogP contribution in [0.2, 0.25) is 0 Å². The van der Waals surface area contributed by atoms with Gasteiger partial charge in [0.1, 0.15) is 0 Å². The molecule has 0 aromatic heterocycles. The maximum Gasteiger partial charge on any atom is 0.228 e. The zero-order valence-electron chi connectivity index (χ0n) is 14.5. The number of nitrogens with one attached hydrogen (secondary N) is 2. The smallest absolute Gasteiger partial charge is 0.228 e. The van der Waals surface area contributed by atoms with Crippen LogP contribution in [0.25, 0.3) is 0 Å². The van der Waals surface area contributed by atoms with E-state index in [2.05, 4.69) is 29.6 Å². The molecule has 1 aliphatic carbocycles. The first-order chi connectivity index (χ1) is 10.5. The van der Waals surface area contributed by atoms with Crippen molar-refractivity contribution in [2.24, 2.45) is 5.41 Å². The van der Waals surface area contributed by atoms with Gasteiger partial charge in [0.05, 0.1) is 12.0 Å². The van der Waals surface area contributed by atoms with Crippen LogP contribution < -0.4 is 10.6 Å². The Morgan fingerprint density at radius 3 is 2.32 bits per heavy atom. The van der Waals surface area contributed by atoms with Crippen molar-refractivity contribution < 1.29 is 9.53 Å². The lowest BCUT2D eigenvalue weighted by molar-refractivity contribution is -0.137. The summed E-state index contributed by atoms with van der Waals surface area (Å²) in [5.74, 6) is 0.183. The van der Waals surface area contributed by atoms with E-state index in [0.717, 1.165) is 32.5 Å². The second-order valence-electron chi connectivity index (χ2n) is 7.33. The van der Waals surface area contributed by atoms with E-state index in [9.17, 15) is 4.79 Å². The third kappa shape index (κ3) is 3.81. The quantitative estimate of drug-likeness (QED) is 0.778. The molecule has 0 atom stereocenters. The highest BCUT2D eigenvalue weighted by Crippen LogP contribution is 2.33.